The SMILES string of the molecule is Cc1c(-c2cn[nH]c2N)ccc(O)c1CN(C)C. The quantitative estimate of drug-likeness (QED) is 0.770. The number of hydrogen-bond donors (Lipinski definition) is 3. The van der Waals surface area contributed by atoms with Gasteiger partial charge in [-0.15, -0.1) is 0 Å². The number of H-pyrrole nitrogens is 1. The molecule has 18 heavy (non-hydrogen) atoms. The number of aromatic hydroxyl groups is 1. The molecule has 1 aromatic heterocycles. The van der Waals surface area contributed by atoms with Crippen LogP contribution < -0.4 is 5.73 Å². The van der Waals surface area contributed by atoms with E-state index in [9.17, 15) is 5.11 Å². The van der Waals surface area contributed by atoms with Gasteiger partial charge >= 0.3 is 0 Å². The van der Waals surface area contributed by atoms with Crippen LogP contribution in [-0.2, 0) is 6.54 Å². The van der Waals surface area contributed by atoms with Gasteiger partial charge in [0, 0.05) is 17.7 Å². The van der Waals surface area contributed by atoms with E-state index in [0.717, 1.165) is 22.3 Å². The number of hydrogen-bond acceptors (Lipinski definition) is 4. The number of rotatable bonds is 3. The number of nitrogen functional groups attached to an aromatic ring is 1. The molecule has 4 N–H and O–H groups in total. The van der Waals surface area contributed by atoms with E-state index in [1.54, 1.807) is 12.3 Å². The molecule has 0 aliphatic carbocycles. The first kappa shape index (κ1) is 12.4. The zero-order valence-corrected chi connectivity index (χ0v) is 10.9. The highest BCUT2D eigenvalue weighted by Gasteiger charge is 2.14. The molecule has 2 aromatic rings. The van der Waals surface area contributed by atoms with Gasteiger partial charge in [-0.25, -0.2) is 0 Å². The van der Waals surface area contributed by atoms with Gasteiger partial charge in [0.15, 0.2) is 0 Å². The Kier molecular flexibility index (Phi) is 3.25. The summed E-state index contributed by atoms with van der Waals surface area (Å²) in [7, 11) is 3.94. The smallest absolute Gasteiger partial charge is 0.126 e. The van der Waals surface area contributed by atoms with Gasteiger partial charge in [-0.1, -0.05) is 6.07 Å². The summed E-state index contributed by atoms with van der Waals surface area (Å²) in [5, 5.41) is 16.6. The highest BCUT2D eigenvalue weighted by atomic mass is 16.3. The zero-order valence-electron chi connectivity index (χ0n) is 10.9. The summed E-state index contributed by atoms with van der Waals surface area (Å²) in [5.41, 5.74) is 9.64. The molecule has 1 aromatic carbocycles. The van der Waals surface area contributed by atoms with Crippen LogP contribution in [0, 0.1) is 6.92 Å². The molecule has 0 amide bonds. The first-order valence-electron chi connectivity index (χ1n) is 5.76. The monoisotopic (exact) mass is 246 g/mol. The summed E-state index contributed by atoms with van der Waals surface area (Å²) < 4.78 is 0. The van der Waals surface area contributed by atoms with E-state index in [1.807, 2.05) is 32.0 Å². The third-order valence-corrected chi connectivity index (χ3v) is 3.01. The molecule has 96 valence electrons. The number of phenolic OH excluding ortho intramolecular Hbond substituents is 1. The zero-order chi connectivity index (χ0) is 13.3. The fraction of sp³-hybridized carbons (Fsp3) is 0.308. The third-order valence-electron chi connectivity index (χ3n) is 3.01. The molecule has 2 rings (SSSR count). The van der Waals surface area contributed by atoms with Crippen molar-refractivity contribution < 1.29 is 5.11 Å². The van der Waals surface area contributed by atoms with Gasteiger partial charge in [-0.3, -0.25) is 5.10 Å². The van der Waals surface area contributed by atoms with Crippen LogP contribution in [0.1, 0.15) is 11.1 Å². The van der Waals surface area contributed by atoms with Crippen LogP contribution >= 0.6 is 0 Å². The maximum absolute atomic E-state index is 9.95. The average molecular weight is 246 g/mol. The number of aromatic nitrogens is 2. The number of aromatic amines is 1. The van der Waals surface area contributed by atoms with E-state index in [-0.39, 0.29) is 0 Å². The molecule has 0 atom stereocenters. The Morgan fingerprint density at radius 1 is 1.33 bits per heavy atom. The van der Waals surface area contributed by atoms with E-state index in [0.29, 0.717) is 18.1 Å². The number of nitrogens with one attached hydrogen (secondary N) is 1. The fourth-order valence-corrected chi connectivity index (χ4v) is 2.06. The van der Waals surface area contributed by atoms with Crippen LogP contribution in [0.25, 0.3) is 11.1 Å². The second kappa shape index (κ2) is 4.70. The van der Waals surface area contributed by atoms with Crippen molar-refractivity contribution in [2.75, 3.05) is 19.8 Å². The molecule has 5 nitrogen and oxygen atoms in total. The number of benzene rings is 1. The minimum absolute atomic E-state index is 0.312. The fourth-order valence-electron chi connectivity index (χ4n) is 2.06. The predicted octanol–water partition coefficient (Wildman–Crippen LogP) is 1.73. The molecule has 1 heterocycles. The lowest BCUT2D eigenvalue weighted by Gasteiger charge is -2.16. The van der Waals surface area contributed by atoms with Gasteiger partial charge in [0.1, 0.15) is 11.6 Å². The lowest BCUT2D eigenvalue weighted by molar-refractivity contribution is 0.385. The maximum Gasteiger partial charge on any atom is 0.126 e. The van der Waals surface area contributed by atoms with Gasteiger partial charge in [0.05, 0.1) is 6.20 Å². The summed E-state index contributed by atoms with van der Waals surface area (Å²) >= 11 is 0. The number of nitrogens with two attached hydrogens (primary N) is 1. The van der Waals surface area contributed by atoms with E-state index < -0.39 is 0 Å². The molecule has 0 aliphatic heterocycles. The van der Waals surface area contributed by atoms with Crippen LogP contribution in [0.4, 0.5) is 5.82 Å². The Morgan fingerprint density at radius 2 is 2.06 bits per heavy atom. The van der Waals surface area contributed by atoms with Crippen molar-refractivity contribution in [1.29, 1.82) is 0 Å². The Labute approximate surface area is 106 Å². The Bertz CT molecular complexity index is 560. The lowest BCUT2D eigenvalue weighted by atomic mass is 9.97. The number of phenols is 1. The topological polar surface area (TPSA) is 78.2 Å². The van der Waals surface area contributed by atoms with Crippen molar-refractivity contribution in [3.8, 4) is 16.9 Å². The molecule has 0 spiro atoms. The molecule has 0 radical (unpaired) electrons. The molecule has 0 bridgehead atoms. The minimum atomic E-state index is 0.312. The third kappa shape index (κ3) is 2.17. The van der Waals surface area contributed by atoms with Crippen molar-refractivity contribution in [1.82, 2.24) is 15.1 Å². The summed E-state index contributed by atoms with van der Waals surface area (Å²) in [6.07, 6.45) is 1.70. The average Bonchev–Trinajstić information content (AvgIpc) is 2.71. The van der Waals surface area contributed by atoms with Crippen molar-refractivity contribution >= 4 is 5.82 Å². The van der Waals surface area contributed by atoms with Crippen molar-refractivity contribution in [2.45, 2.75) is 13.5 Å². The highest BCUT2D eigenvalue weighted by Crippen LogP contribution is 2.33. The summed E-state index contributed by atoms with van der Waals surface area (Å²) in [6, 6.07) is 3.57. The minimum Gasteiger partial charge on any atom is -0.508 e. The van der Waals surface area contributed by atoms with Crippen molar-refractivity contribution in [2.24, 2.45) is 0 Å². The van der Waals surface area contributed by atoms with E-state index >= 15 is 0 Å². The molecular formula is C13H18N4O. The molecule has 5 heteroatoms. The van der Waals surface area contributed by atoms with E-state index in [4.69, 9.17) is 5.73 Å². The van der Waals surface area contributed by atoms with E-state index in [2.05, 4.69) is 10.2 Å². The first-order valence-corrected chi connectivity index (χ1v) is 5.76. The second-order valence-corrected chi connectivity index (χ2v) is 4.67. The largest absolute Gasteiger partial charge is 0.508 e. The van der Waals surface area contributed by atoms with Crippen LogP contribution in [0.3, 0.4) is 0 Å². The maximum atomic E-state index is 9.95. The van der Waals surface area contributed by atoms with Gasteiger partial charge in [-0.05, 0) is 38.2 Å². The number of nitrogens with zero attached hydrogens (tertiary/aromatic N) is 2. The molecule has 0 saturated carbocycles. The predicted molar refractivity (Wildman–Crippen MR) is 72.2 cm³/mol. The van der Waals surface area contributed by atoms with Crippen molar-refractivity contribution in [3.05, 3.63) is 29.5 Å². The Balaban J connectivity index is 2.54. The molecule has 0 unspecified atom stereocenters. The highest BCUT2D eigenvalue weighted by molar-refractivity contribution is 5.77. The van der Waals surface area contributed by atoms with E-state index in [1.165, 1.54) is 0 Å². The van der Waals surface area contributed by atoms with Gasteiger partial charge in [-0.2, -0.15) is 5.10 Å². The number of anilines is 1. The van der Waals surface area contributed by atoms with Gasteiger partial charge in [0.2, 0.25) is 0 Å². The Hall–Kier alpha value is -2.01. The molecule has 0 aliphatic rings. The first-order chi connectivity index (χ1) is 8.50. The Morgan fingerprint density at radius 3 is 2.61 bits per heavy atom. The molecule has 0 fully saturated rings. The van der Waals surface area contributed by atoms with Crippen molar-refractivity contribution in [3.63, 3.8) is 0 Å². The molecular weight excluding hydrogens is 228 g/mol. The normalized spacial score (nSPS) is 11.1. The summed E-state index contributed by atoms with van der Waals surface area (Å²) in [4.78, 5) is 2.02. The standard InChI is InChI=1S/C13H18N4O/c1-8-9(10-6-15-16-13(10)14)4-5-12(18)11(8)7-17(2)3/h4-6,18H,7H2,1-3H3,(H3,14,15,16). The van der Waals surface area contributed by atoms with Crippen LogP contribution in [0.5, 0.6) is 5.75 Å². The summed E-state index contributed by atoms with van der Waals surface area (Å²) in [6.45, 7) is 2.67. The van der Waals surface area contributed by atoms with Crippen LogP contribution in [0.15, 0.2) is 18.3 Å². The molecule has 0 saturated heterocycles. The lowest BCUT2D eigenvalue weighted by Crippen LogP contribution is -2.12. The van der Waals surface area contributed by atoms with Gasteiger partial charge in [0.25, 0.3) is 0 Å². The summed E-state index contributed by atoms with van der Waals surface area (Å²) in [5.74, 6) is 0.853. The van der Waals surface area contributed by atoms with Crippen LogP contribution in [0.2, 0.25) is 0 Å². The van der Waals surface area contributed by atoms with Crippen LogP contribution in [-0.4, -0.2) is 34.3 Å². The second-order valence-electron chi connectivity index (χ2n) is 4.67. The van der Waals surface area contributed by atoms with Gasteiger partial charge < -0.3 is 15.7 Å².